The fourth-order valence-corrected chi connectivity index (χ4v) is 1.91. The highest BCUT2D eigenvalue weighted by Crippen LogP contribution is 2.21. The van der Waals surface area contributed by atoms with E-state index in [0.717, 1.165) is 12.2 Å². The molecule has 74 valence electrons. The van der Waals surface area contributed by atoms with Gasteiger partial charge in [0, 0.05) is 19.3 Å². The largest absolute Gasteiger partial charge is 0.319 e. The standard InChI is InChI=1S/C10H19N3/c1-7(6-11-4)10-8(2)12-13(5)9(10)3/h7,11H,6H2,1-5H3. The summed E-state index contributed by atoms with van der Waals surface area (Å²) >= 11 is 0. The van der Waals surface area contributed by atoms with Gasteiger partial charge in [-0.2, -0.15) is 5.10 Å². The van der Waals surface area contributed by atoms with Gasteiger partial charge in [0.2, 0.25) is 0 Å². The Labute approximate surface area is 80.1 Å². The molecule has 1 N–H and O–H groups in total. The second-order valence-electron chi connectivity index (χ2n) is 3.67. The summed E-state index contributed by atoms with van der Waals surface area (Å²) in [5.74, 6) is 0.540. The second kappa shape index (κ2) is 3.92. The summed E-state index contributed by atoms with van der Waals surface area (Å²) in [4.78, 5) is 0. The van der Waals surface area contributed by atoms with Crippen LogP contribution in [-0.2, 0) is 7.05 Å². The van der Waals surface area contributed by atoms with Crippen molar-refractivity contribution in [2.75, 3.05) is 13.6 Å². The van der Waals surface area contributed by atoms with Gasteiger partial charge in [0.05, 0.1) is 5.69 Å². The van der Waals surface area contributed by atoms with Gasteiger partial charge in [-0.05, 0) is 32.4 Å². The number of hydrogen-bond donors (Lipinski definition) is 1. The van der Waals surface area contributed by atoms with Crippen molar-refractivity contribution < 1.29 is 0 Å². The molecule has 1 unspecified atom stereocenters. The zero-order valence-corrected chi connectivity index (χ0v) is 9.18. The molecule has 1 heterocycles. The van der Waals surface area contributed by atoms with Crippen LogP contribution in [0.25, 0.3) is 0 Å². The Kier molecular flexibility index (Phi) is 3.09. The van der Waals surface area contributed by atoms with E-state index in [2.05, 4.69) is 31.2 Å². The van der Waals surface area contributed by atoms with Gasteiger partial charge < -0.3 is 5.32 Å². The van der Waals surface area contributed by atoms with E-state index in [1.54, 1.807) is 0 Å². The monoisotopic (exact) mass is 181 g/mol. The Morgan fingerprint density at radius 1 is 1.46 bits per heavy atom. The second-order valence-corrected chi connectivity index (χ2v) is 3.67. The van der Waals surface area contributed by atoms with Gasteiger partial charge in [-0.15, -0.1) is 0 Å². The topological polar surface area (TPSA) is 29.9 Å². The summed E-state index contributed by atoms with van der Waals surface area (Å²) in [7, 11) is 3.98. The van der Waals surface area contributed by atoms with Gasteiger partial charge in [-0.3, -0.25) is 4.68 Å². The van der Waals surface area contributed by atoms with Gasteiger partial charge in [0.1, 0.15) is 0 Å². The highest BCUT2D eigenvalue weighted by atomic mass is 15.3. The molecule has 0 saturated heterocycles. The molecule has 0 amide bonds. The Bertz CT molecular complexity index is 289. The van der Waals surface area contributed by atoms with Crippen molar-refractivity contribution >= 4 is 0 Å². The molecule has 1 atom stereocenters. The van der Waals surface area contributed by atoms with Crippen LogP contribution in [0.4, 0.5) is 0 Å². The predicted octanol–water partition coefficient (Wildman–Crippen LogP) is 1.36. The summed E-state index contributed by atoms with van der Waals surface area (Å²) in [5.41, 5.74) is 3.82. The van der Waals surface area contributed by atoms with Crippen LogP contribution in [0.1, 0.15) is 29.8 Å². The van der Waals surface area contributed by atoms with Crippen molar-refractivity contribution in [3.63, 3.8) is 0 Å². The zero-order chi connectivity index (χ0) is 10.0. The molecule has 0 bridgehead atoms. The Morgan fingerprint density at radius 2 is 2.08 bits per heavy atom. The van der Waals surface area contributed by atoms with E-state index >= 15 is 0 Å². The number of aromatic nitrogens is 2. The van der Waals surface area contributed by atoms with E-state index in [1.165, 1.54) is 11.3 Å². The number of nitrogens with one attached hydrogen (secondary N) is 1. The minimum Gasteiger partial charge on any atom is -0.319 e. The number of aryl methyl sites for hydroxylation is 2. The molecule has 0 fully saturated rings. The maximum Gasteiger partial charge on any atom is 0.0631 e. The third kappa shape index (κ3) is 1.91. The molecule has 3 heteroatoms. The summed E-state index contributed by atoms with van der Waals surface area (Å²) in [6, 6.07) is 0. The summed E-state index contributed by atoms with van der Waals surface area (Å²) < 4.78 is 1.96. The molecule has 0 radical (unpaired) electrons. The van der Waals surface area contributed by atoms with E-state index in [0.29, 0.717) is 5.92 Å². The number of hydrogen-bond acceptors (Lipinski definition) is 2. The van der Waals surface area contributed by atoms with E-state index in [9.17, 15) is 0 Å². The lowest BCUT2D eigenvalue weighted by Crippen LogP contribution is -2.15. The van der Waals surface area contributed by atoms with Crippen molar-refractivity contribution in [3.8, 4) is 0 Å². The minimum absolute atomic E-state index is 0.540. The molecule has 0 spiro atoms. The maximum absolute atomic E-state index is 4.40. The Morgan fingerprint density at radius 3 is 2.46 bits per heavy atom. The summed E-state index contributed by atoms with van der Waals surface area (Å²) in [6.45, 7) is 7.44. The average molecular weight is 181 g/mol. The molecule has 1 aromatic rings. The first kappa shape index (κ1) is 10.3. The van der Waals surface area contributed by atoms with E-state index < -0.39 is 0 Å². The summed E-state index contributed by atoms with van der Waals surface area (Å²) in [5, 5.41) is 7.60. The van der Waals surface area contributed by atoms with E-state index in [-0.39, 0.29) is 0 Å². The van der Waals surface area contributed by atoms with Gasteiger partial charge >= 0.3 is 0 Å². The fourth-order valence-electron chi connectivity index (χ4n) is 1.91. The highest BCUT2D eigenvalue weighted by Gasteiger charge is 2.14. The average Bonchev–Trinajstić information content (AvgIpc) is 2.27. The first-order chi connectivity index (χ1) is 6.07. The van der Waals surface area contributed by atoms with Crippen molar-refractivity contribution in [3.05, 3.63) is 17.0 Å². The molecular formula is C10H19N3. The molecule has 0 aliphatic carbocycles. The lowest BCUT2D eigenvalue weighted by atomic mass is 9.99. The van der Waals surface area contributed by atoms with Crippen molar-refractivity contribution in [1.82, 2.24) is 15.1 Å². The molecule has 0 aliphatic rings. The van der Waals surface area contributed by atoms with Crippen LogP contribution < -0.4 is 5.32 Å². The van der Waals surface area contributed by atoms with Crippen LogP contribution in [-0.4, -0.2) is 23.4 Å². The third-order valence-corrected chi connectivity index (χ3v) is 2.57. The molecule has 0 aliphatic heterocycles. The van der Waals surface area contributed by atoms with Gasteiger partial charge in [-0.1, -0.05) is 6.92 Å². The fraction of sp³-hybridized carbons (Fsp3) is 0.700. The van der Waals surface area contributed by atoms with Crippen molar-refractivity contribution in [1.29, 1.82) is 0 Å². The van der Waals surface area contributed by atoms with Crippen molar-refractivity contribution in [2.45, 2.75) is 26.7 Å². The van der Waals surface area contributed by atoms with Crippen LogP contribution in [0.15, 0.2) is 0 Å². The Hall–Kier alpha value is -0.830. The Balaban J connectivity index is 2.98. The van der Waals surface area contributed by atoms with Crippen LogP contribution in [0.5, 0.6) is 0 Å². The van der Waals surface area contributed by atoms with Gasteiger partial charge in [-0.25, -0.2) is 0 Å². The predicted molar refractivity (Wildman–Crippen MR) is 55.0 cm³/mol. The lowest BCUT2D eigenvalue weighted by Gasteiger charge is -2.11. The SMILES string of the molecule is CNCC(C)c1c(C)nn(C)c1C. The van der Waals surface area contributed by atoms with Crippen LogP contribution in [0, 0.1) is 13.8 Å². The molecule has 1 aromatic heterocycles. The first-order valence-corrected chi connectivity index (χ1v) is 4.72. The van der Waals surface area contributed by atoms with Crippen LogP contribution in [0.3, 0.4) is 0 Å². The molecule has 0 aromatic carbocycles. The minimum atomic E-state index is 0.540. The molecule has 0 saturated carbocycles. The molecule has 1 rings (SSSR count). The normalized spacial score (nSPS) is 13.3. The number of nitrogens with zero attached hydrogens (tertiary/aromatic N) is 2. The maximum atomic E-state index is 4.40. The first-order valence-electron chi connectivity index (χ1n) is 4.72. The molecular weight excluding hydrogens is 162 g/mol. The molecule has 3 nitrogen and oxygen atoms in total. The lowest BCUT2D eigenvalue weighted by molar-refractivity contribution is 0.668. The smallest absolute Gasteiger partial charge is 0.0631 e. The van der Waals surface area contributed by atoms with Crippen molar-refractivity contribution in [2.24, 2.45) is 7.05 Å². The number of likely N-dealkylation sites (N-methyl/N-ethyl adjacent to an activating group) is 1. The summed E-state index contributed by atoms with van der Waals surface area (Å²) in [6.07, 6.45) is 0. The van der Waals surface area contributed by atoms with Crippen LogP contribution >= 0.6 is 0 Å². The van der Waals surface area contributed by atoms with Gasteiger partial charge in [0.15, 0.2) is 0 Å². The van der Waals surface area contributed by atoms with E-state index in [1.807, 2.05) is 18.8 Å². The highest BCUT2D eigenvalue weighted by molar-refractivity contribution is 5.28. The quantitative estimate of drug-likeness (QED) is 0.763. The van der Waals surface area contributed by atoms with Crippen LogP contribution in [0.2, 0.25) is 0 Å². The third-order valence-electron chi connectivity index (χ3n) is 2.57. The molecule has 13 heavy (non-hydrogen) atoms. The number of rotatable bonds is 3. The zero-order valence-electron chi connectivity index (χ0n) is 9.18. The van der Waals surface area contributed by atoms with Gasteiger partial charge in [0.25, 0.3) is 0 Å². The van der Waals surface area contributed by atoms with E-state index in [4.69, 9.17) is 0 Å².